The summed E-state index contributed by atoms with van der Waals surface area (Å²) in [5, 5.41) is 12.8. The fraction of sp³-hybridized carbons (Fsp3) is 0.944. The largest absolute Gasteiger partial charge is 0.396 e. The van der Waals surface area contributed by atoms with Crippen molar-refractivity contribution in [3.05, 3.63) is 0 Å². The highest BCUT2D eigenvalue weighted by Crippen LogP contribution is 2.26. The van der Waals surface area contributed by atoms with Crippen molar-refractivity contribution in [1.82, 2.24) is 10.2 Å². The van der Waals surface area contributed by atoms with Crippen LogP contribution in [0.25, 0.3) is 0 Å². The molecule has 0 bridgehead atoms. The summed E-state index contributed by atoms with van der Waals surface area (Å²) in [7, 11) is 0. The minimum absolute atomic E-state index is 0.263. The molecule has 2 aliphatic rings. The molecule has 1 heterocycles. The summed E-state index contributed by atoms with van der Waals surface area (Å²) in [6.07, 6.45) is 10.2. The Hall–Kier alpha value is -0.610. The molecule has 2 rings (SSSR count). The number of likely N-dealkylation sites (tertiary alicyclic amines) is 1. The normalized spacial score (nSPS) is 26.5. The first-order valence-electron chi connectivity index (χ1n) is 9.35. The van der Waals surface area contributed by atoms with Crippen molar-refractivity contribution in [2.24, 2.45) is 11.8 Å². The van der Waals surface area contributed by atoms with Crippen molar-refractivity contribution in [3.8, 4) is 0 Å². The van der Waals surface area contributed by atoms with Crippen molar-refractivity contribution in [3.63, 3.8) is 0 Å². The number of hydrogen-bond acceptors (Lipinski definition) is 3. The summed E-state index contributed by atoms with van der Waals surface area (Å²) < 4.78 is 0. The average Bonchev–Trinajstić information content (AvgIpc) is 3.04. The molecule has 22 heavy (non-hydrogen) atoms. The molecule has 2 atom stereocenters. The quantitative estimate of drug-likeness (QED) is 0.724. The first-order chi connectivity index (χ1) is 10.7. The Bertz CT molecular complexity index is 329. The van der Waals surface area contributed by atoms with Crippen molar-refractivity contribution in [2.75, 3.05) is 26.2 Å². The van der Waals surface area contributed by atoms with Crippen molar-refractivity contribution in [2.45, 2.75) is 70.8 Å². The first kappa shape index (κ1) is 17.7. The zero-order valence-corrected chi connectivity index (χ0v) is 14.2. The van der Waals surface area contributed by atoms with E-state index >= 15 is 0 Å². The van der Waals surface area contributed by atoms with Crippen LogP contribution in [0.3, 0.4) is 0 Å². The maximum absolute atomic E-state index is 12.3. The maximum Gasteiger partial charge on any atom is 0.222 e. The van der Waals surface area contributed by atoms with Crippen molar-refractivity contribution < 1.29 is 9.90 Å². The molecule has 2 unspecified atom stereocenters. The van der Waals surface area contributed by atoms with Gasteiger partial charge in [0.1, 0.15) is 0 Å². The summed E-state index contributed by atoms with van der Waals surface area (Å²) in [5.41, 5.74) is 0. The SMILES string of the molecule is CCCC(=O)N1CC(CCCO)CC(NCC2CCCC2)C1. The minimum atomic E-state index is 0.263. The van der Waals surface area contributed by atoms with Gasteiger partial charge in [-0.1, -0.05) is 19.8 Å². The van der Waals surface area contributed by atoms with E-state index in [0.717, 1.165) is 51.2 Å². The molecule has 0 aromatic carbocycles. The molecule has 4 heteroatoms. The zero-order chi connectivity index (χ0) is 15.8. The summed E-state index contributed by atoms with van der Waals surface area (Å²) in [4.78, 5) is 14.3. The predicted molar refractivity (Wildman–Crippen MR) is 89.7 cm³/mol. The van der Waals surface area contributed by atoms with Crippen LogP contribution in [0, 0.1) is 11.8 Å². The maximum atomic E-state index is 12.3. The highest BCUT2D eigenvalue weighted by atomic mass is 16.2. The molecule has 4 nitrogen and oxygen atoms in total. The molecule has 2 N–H and O–H groups in total. The molecule has 1 aliphatic carbocycles. The van der Waals surface area contributed by atoms with Gasteiger partial charge >= 0.3 is 0 Å². The van der Waals surface area contributed by atoms with Crippen LogP contribution in [0.1, 0.15) is 64.7 Å². The summed E-state index contributed by atoms with van der Waals surface area (Å²) in [6.45, 7) is 5.22. The number of nitrogens with zero attached hydrogens (tertiary/aromatic N) is 1. The molecule has 0 radical (unpaired) electrons. The molecule has 128 valence electrons. The van der Waals surface area contributed by atoms with Gasteiger partial charge in [0, 0.05) is 32.2 Å². The van der Waals surface area contributed by atoms with Gasteiger partial charge in [-0.15, -0.1) is 0 Å². The van der Waals surface area contributed by atoms with E-state index in [1.54, 1.807) is 0 Å². The van der Waals surface area contributed by atoms with E-state index in [-0.39, 0.29) is 6.61 Å². The van der Waals surface area contributed by atoms with Crippen molar-refractivity contribution in [1.29, 1.82) is 0 Å². The molecule has 0 spiro atoms. The second-order valence-corrected chi connectivity index (χ2v) is 7.27. The summed E-state index contributed by atoms with van der Waals surface area (Å²) >= 11 is 0. The van der Waals surface area contributed by atoms with Gasteiger partial charge in [0.15, 0.2) is 0 Å². The minimum Gasteiger partial charge on any atom is -0.396 e. The number of hydrogen-bond donors (Lipinski definition) is 2. The molecule has 1 amide bonds. The molecule has 2 fully saturated rings. The van der Waals surface area contributed by atoms with Crippen LogP contribution in [0.15, 0.2) is 0 Å². The molecule has 1 saturated heterocycles. The highest BCUT2D eigenvalue weighted by Gasteiger charge is 2.29. The van der Waals surface area contributed by atoms with Crippen LogP contribution in [0.5, 0.6) is 0 Å². The molecule has 0 aromatic heterocycles. The van der Waals surface area contributed by atoms with Crippen LogP contribution in [-0.4, -0.2) is 48.2 Å². The van der Waals surface area contributed by atoms with Crippen LogP contribution in [0.4, 0.5) is 0 Å². The topological polar surface area (TPSA) is 52.6 Å². The average molecular weight is 310 g/mol. The third kappa shape index (κ3) is 5.54. The van der Waals surface area contributed by atoms with Gasteiger partial charge in [-0.3, -0.25) is 4.79 Å². The molecule has 1 saturated carbocycles. The number of carbonyl (C=O) groups is 1. The Morgan fingerprint density at radius 2 is 2.00 bits per heavy atom. The van der Waals surface area contributed by atoms with E-state index < -0.39 is 0 Å². The highest BCUT2D eigenvalue weighted by molar-refractivity contribution is 5.76. The molecule has 1 aliphatic heterocycles. The van der Waals surface area contributed by atoms with E-state index in [9.17, 15) is 4.79 Å². The lowest BCUT2D eigenvalue weighted by atomic mass is 9.89. The van der Waals surface area contributed by atoms with Crippen LogP contribution in [0.2, 0.25) is 0 Å². The van der Waals surface area contributed by atoms with Crippen LogP contribution >= 0.6 is 0 Å². The van der Waals surface area contributed by atoms with Gasteiger partial charge < -0.3 is 15.3 Å². The van der Waals surface area contributed by atoms with Gasteiger partial charge in [0.05, 0.1) is 0 Å². The Labute approximate surface area is 135 Å². The Kier molecular flexibility index (Phi) is 7.67. The Morgan fingerprint density at radius 3 is 2.68 bits per heavy atom. The number of aliphatic hydroxyl groups excluding tert-OH is 1. The first-order valence-corrected chi connectivity index (χ1v) is 9.35. The standard InChI is InChI=1S/C18H34N2O2/c1-2-6-18(22)20-13-16(9-5-10-21)11-17(14-20)19-12-15-7-3-4-8-15/h15-17,19,21H,2-14H2,1H3. The summed E-state index contributed by atoms with van der Waals surface area (Å²) in [5.74, 6) is 1.70. The van der Waals surface area contributed by atoms with E-state index in [1.165, 1.54) is 25.7 Å². The third-order valence-corrected chi connectivity index (χ3v) is 5.29. The third-order valence-electron chi connectivity index (χ3n) is 5.29. The molecular weight excluding hydrogens is 276 g/mol. The second-order valence-electron chi connectivity index (χ2n) is 7.27. The monoisotopic (exact) mass is 310 g/mol. The van der Waals surface area contributed by atoms with E-state index in [4.69, 9.17) is 5.11 Å². The van der Waals surface area contributed by atoms with E-state index in [2.05, 4.69) is 17.1 Å². The number of aliphatic hydroxyl groups is 1. The number of amides is 1. The van der Waals surface area contributed by atoms with Gasteiger partial charge in [-0.05, 0) is 56.9 Å². The Morgan fingerprint density at radius 1 is 1.23 bits per heavy atom. The zero-order valence-electron chi connectivity index (χ0n) is 14.2. The van der Waals surface area contributed by atoms with Crippen LogP contribution < -0.4 is 5.32 Å². The fourth-order valence-corrected chi connectivity index (χ4v) is 4.06. The van der Waals surface area contributed by atoms with E-state index in [0.29, 0.717) is 24.3 Å². The lowest BCUT2D eigenvalue weighted by Crippen LogP contribution is -2.52. The number of piperidine rings is 1. The second kappa shape index (κ2) is 9.51. The summed E-state index contributed by atoms with van der Waals surface area (Å²) in [6, 6.07) is 0.443. The smallest absolute Gasteiger partial charge is 0.222 e. The predicted octanol–water partition coefficient (Wildman–Crippen LogP) is 2.56. The van der Waals surface area contributed by atoms with Gasteiger partial charge in [0.25, 0.3) is 0 Å². The fourth-order valence-electron chi connectivity index (χ4n) is 4.06. The van der Waals surface area contributed by atoms with Gasteiger partial charge in [-0.25, -0.2) is 0 Å². The molecule has 0 aromatic rings. The number of rotatable bonds is 8. The lowest BCUT2D eigenvalue weighted by molar-refractivity contribution is -0.133. The van der Waals surface area contributed by atoms with Gasteiger partial charge in [-0.2, -0.15) is 0 Å². The Balaban J connectivity index is 1.84. The lowest BCUT2D eigenvalue weighted by Gasteiger charge is -2.39. The van der Waals surface area contributed by atoms with Gasteiger partial charge in [0.2, 0.25) is 5.91 Å². The number of nitrogens with one attached hydrogen (secondary N) is 1. The molecular formula is C18H34N2O2. The number of carbonyl (C=O) groups excluding carboxylic acids is 1. The van der Waals surface area contributed by atoms with E-state index in [1.807, 2.05) is 0 Å². The van der Waals surface area contributed by atoms with Crippen LogP contribution in [-0.2, 0) is 4.79 Å². The van der Waals surface area contributed by atoms with Crippen molar-refractivity contribution >= 4 is 5.91 Å².